The van der Waals surface area contributed by atoms with Gasteiger partial charge < -0.3 is 10.6 Å². The first kappa shape index (κ1) is 10.6. The summed E-state index contributed by atoms with van der Waals surface area (Å²) >= 11 is 3.40. The molecule has 1 amide bonds. The van der Waals surface area contributed by atoms with E-state index in [9.17, 15) is 4.79 Å². The minimum atomic E-state index is 0.0201. The van der Waals surface area contributed by atoms with Crippen molar-refractivity contribution in [1.29, 1.82) is 0 Å². The summed E-state index contributed by atoms with van der Waals surface area (Å²) in [6.07, 6.45) is 0. The van der Waals surface area contributed by atoms with E-state index in [-0.39, 0.29) is 11.9 Å². The summed E-state index contributed by atoms with van der Waals surface area (Å²) in [6.45, 7) is 3.20. The second-order valence-corrected chi connectivity index (χ2v) is 4.88. The Morgan fingerprint density at radius 3 is 3.00 bits per heavy atom. The molecule has 1 aliphatic heterocycles. The molecule has 0 radical (unpaired) electrons. The third-order valence-corrected chi connectivity index (χ3v) is 2.95. The fraction of sp³-hybridized carbons (Fsp3) is 0.364. The predicted octanol–water partition coefficient (Wildman–Crippen LogP) is 1.75. The Hall–Kier alpha value is -0.870. The van der Waals surface area contributed by atoms with Crippen molar-refractivity contribution in [3.63, 3.8) is 0 Å². The largest absolute Gasteiger partial charge is 0.333 e. The molecule has 4 heteroatoms. The Morgan fingerprint density at radius 1 is 1.60 bits per heavy atom. The van der Waals surface area contributed by atoms with Crippen molar-refractivity contribution in [2.45, 2.75) is 19.5 Å². The van der Waals surface area contributed by atoms with Gasteiger partial charge in [-0.3, -0.25) is 4.79 Å². The topological polar surface area (TPSA) is 46.3 Å². The van der Waals surface area contributed by atoms with Crippen LogP contribution in [0.1, 0.15) is 22.8 Å². The molecular formula is C11H13BrN2O. The zero-order chi connectivity index (χ0) is 11.0. The van der Waals surface area contributed by atoms with E-state index in [4.69, 9.17) is 5.73 Å². The van der Waals surface area contributed by atoms with Crippen LogP contribution >= 0.6 is 15.9 Å². The van der Waals surface area contributed by atoms with Crippen LogP contribution in [0.3, 0.4) is 0 Å². The summed E-state index contributed by atoms with van der Waals surface area (Å²) in [5.74, 6) is 0.0924. The van der Waals surface area contributed by atoms with E-state index in [1.807, 2.05) is 25.1 Å². The molecule has 3 nitrogen and oxygen atoms in total. The van der Waals surface area contributed by atoms with Crippen LogP contribution in [-0.2, 0) is 6.54 Å². The number of hydrogen-bond acceptors (Lipinski definition) is 2. The van der Waals surface area contributed by atoms with Gasteiger partial charge in [-0.05, 0) is 30.7 Å². The maximum Gasteiger partial charge on any atom is 0.254 e. The zero-order valence-electron chi connectivity index (χ0n) is 8.53. The molecule has 15 heavy (non-hydrogen) atoms. The maximum absolute atomic E-state index is 11.9. The average molecular weight is 269 g/mol. The molecule has 0 bridgehead atoms. The molecule has 0 saturated heterocycles. The summed E-state index contributed by atoms with van der Waals surface area (Å²) < 4.78 is 1.01. The van der Waals surface area contributed by atoms with Crippen LogP contribution in [0.4, 0.5) is 0 Å². The summed E-state index contributed by atoms with van der Waals surface area (Å²) in [5, 5.41) is 0. The molecule has 1 aromatic rings. The number of benzene rings is 1. The van der Waals surface area contributed by atoms with Crippen LogP contribution in [0.25, 0.3) is 0 Å². The van der Waals surface area contributed by atoms with Crippen molar-refractivity contribution in [1.82, 2.24) is 4.90 Å². The molecule has 1 aromatic carbocycles. The lowest BCUT2D eigenvalue weighted by atomic mass is 10.1. The first-order valence-electron chi connectivity index (χ1n) is 4.91. The van der Waals surface area contributed by atoms with Gasteiger partial charge in [-0.1, -0.05) is 15.9 Å². The fourth-order valence-electron chi connectivity index (χ4n) is 1.84. The van der Waals surface area contributed by atoms with Crippen LogP contribution in [-0.4, -0.2) is 23.4 Å². The maximum atomic E-state index is 11.9. The van der Waals surface area contributed by atoms with Crippen LogP contribution in [0.15, 0.2) is 22.7 Å². The van der Waals surface area contributed by atoms with E-state index in [1.165, 1.54) is 0 Å². The van der Waals surface area contributed by atoms with Crippen molar-refractivity contribution in [2.24, 2.45) is 5.73 Å². The average Bonchev–Trinajstić information content (AvgIpc) is 2.42. The Balaban J connectivity index is 2.25. The molecule has 1 atom stereocenters. The van der Waals surface area contributed by atoms with Gasteiger partial charge in [-0.25, -0.2) is 0 Å². The third kappa shape index (κ3) is 2.06. The first-order valence-corrected chi connectivity index (χ1v) is 5.70. The van der Waals surface area contributed by atoms with Gasteiger partial charge in [-0.15, -0.1) is 0 Å². The van der Waals surface area contributed by atoms with E-state index in [0.717, 1.165) is 15.6 Å². The monoisotopic (exact) mass is 268 g/mol. The molecule has 1 aliphatic rings. The van der Waals surface area contributed by atoms with Gasteiger partial charge in [0.05, 0.1) is 0 Å². The second-order valence-electron chi connectivity index (χ2n) is 3.96. The van der Waals surface area contributed by atoms with E-state index in [1.54, 1.807) is 4.90 Å². The van der Waals surface area contributed by atoms with Crippen molar-refractivity contribution in [3.05, 3.63) is 33.8 Å². The minimum Gasteiger partial charge on any atom is -0.333 e. The Kier molecular flexibility index (Phi) is 2.80. The third-order valence-electron chi connectivity index (χ3n) is 2.45. The lowest BCUT2D eigenvalue weighted by Crippen LogP contribution is -2.35. The minimum absolute atomic E-state index is 0.0201. The number of amides is 1. The highest BCUT2D eigenvalue weighted by molar-refractivity contribution is 9.10. The number of hydrogen-bond donors (Lipinski definition) is 1. The molecule has 0 fully saturated rings. The van der Waals surface area contributed by atoms with E-state index in [0.29, 0.717) is 13.1 Å². The molecule has 80 valence electrons. The van der Waals surface area contributed by atoms with Crippen molar-refractivity contribution >= 4 is 21.8 Å². The molecule has 1 heterocycles. The number of halogens is 1. The SMILES string of the molecule is CC(N)CN1Cc2cc(Br)ccc2C1=O. The van der Waals surface area contributed by atoms with Crippen LogP contribution in [0, 0.1) is 0 Å². The zero-order valence-corrected chi connectivity index (χ0v) is 10.1. The number of fused-ring (bicyclic) bond motifs is 1. The normalized spacial score (nSPS) is 16.7. The van der Waals surface area contributed by atoms with E-state index in [2.05, 4.69) is 15.9 Å². The van der Waals surface area contributed by atoms with Gasteiger partial charge in [0.1, 0.15) is 0 Å². The molecule has 0 aromatic heterocycles. The second kappa shape index (κ2) is 3.94. The predicted molar refractivity (Wildman–Crippen MR) is 62.5 cm³/mol. The van der Waals surface area contributed by atoms with Gasteiger partial charge in [0, 0.05) is 29.2 Å². The summed E-state index contributed by atoms with van der Waals surface area (Å²) in [6, 6.07) is 5.77. The molecular weight excluding hydrogens is 256 g/mol. The highest BCUT2D eigenvalue weighted by atomic mass is 79.9. The molecule has 0 saturated carbocycles. The fourth-order valence-corrected chi connectivity index (χ4v) is 2.25. The van der Waals surface area contributed by atoms with Gasteiger partial charge in [0.15, 0.2) is 0 Å². The number of nitrogens with zero attached hydrogens (tertiary/aromatic N) is 1. The number of nitrogens with two attached hydrogens (primary N) is 1. The number of carbonyl (C=O) groups excluding carboxylic acids is 1. The van der Waals surface area contributed by atoms with Crippen LogP contribution < -0.4 is 5.73 Å². The Bertz CT molecular complexity index is 404. The van der Waals surface area contributed by atoms with Crippen LogP contribution in [0.5, 0.6) is 0 Å². The lowest BCUT2D eigenvalue weighted by molar-refractivity contribution is 0.0771. The number of rotatable bonds is 2. The number of carbonyl (C=O) groups is 1. The van der Waals surface area contributed by atoms with Crippen LogP contribution in [0.2, 0.25) is 0 Å². The smallest absolute Gasteiger partial charge is 0.254 e. The molecule has 0 spiro atoms. The van der Waals surface area contributed by atoms with Gasteiger partial charge in [0.25, 0.3) is 5.91 Å². The highest BCUT2D eigenvalue weighted by Gasteiger charge is 2.27. The Labute approximate surface area is 97.4 Å². The Morgan fingerprint density at radius 2 is 2.33 bits per heavy atom. The summed E-state index contributed by atoms with van der Waals surface area (Å²) in [4.78, 5) is 13.7. The molecule has 1 unspecified atom stereocenters. The quantitative estimate of drug-likeness (QED) is 0.889. The standard InChI is InChI=1S/C11H13BrN2O/c1-7(13)5-14-6-8-4-9(12)2-3-10(8)11(14)15/h2-4,7H,5-6,13H2,1H3. The van der Waals surface area contributed by atoms with Gasteiger partial charge >= 0.3 is 0 Å². The van der Waals surface area contributed by atoms with Crippen molar-refractivity contribution < 1.29 is 4.79 Å². The lowest BCUT2D eigenvalue weighted by Gasteiger charge is -2.17. The highest BCUT2D eigenvalue weighted by Crippen LogP contribution is 2.25. The molecule has 0 aliphatic carbocycles. The van der Waals surface area contributed by atoms with Gasteiger partial charge in [-0.2, -0.15) is 0 Å². The molecule has 2 rings (SSSR count). The van der Waals surface area contributed by atoms with Gasteiger partial charge in [0.2, 0.25) is 0 Å². The first-order chi connectivity index (χ1) is 7.08. The summed E-state index contributed by atoms with van der Waals surface area (Å²) in [7, 11) is 0. The molecule has 2 N–H and O–H groups in total. The van der Waals surface area contributed by atoms with Crippen molar-refractivity contribution in [2.75, 3.05) is 6.54 Å². The van der Waals surface area contributed by atoms with E-state index >= 15 is 0 Å². The summed E-state index contributed by atoms with van der Waals surface area (Å²) in [5.41, 5.74) is 7.58. The van der Waals surface area contributed by atoms with Crippen molar-refractivity contribution in [3.8, 4) is 0 Å². The van der Waals surface area contributed by atoms with E-state index < -0.39 is 0 Å².